The van der Waals surface area contributed by atoms with E-state index in [4.69, 9.17) is 16.7 Å². The molecule has 10 heavy (non-hydrogen) atoms. The number of ether oxygens (including phenoxy) is 1. The molecular weight excluding hydrogens is 156 g/mol. The van der Waals surface area contributed by atoms with Crippen LogP contribution >= 0.6 is 11.6 Å². The van der Waals surface area contributed by atoms with Crippen LogP contribution in [0.2, 0.25) is 0 Å². The lowest BCUT2D eigenvalue weighted by Gasteiger charge is -2.07. The van der Waals surface area contributed by atoms with Gasteiger partial charge in [-0.15, -0.1) is 11.6 Å². The zero-order chi connectivity index (χ0) is 7.98. The molecule has 4 heteroatoms. The average molecular weight is 165 g/mol. The van der Waals surface area contributed by atoms with E-state index in [9.17, 15) is 4.79 Å². The van der Waals surface area contributed by atoms with Crippen molar-refractivity contribution in [2.24, 2.45) is 0 Å². The largest absolute Gasteiger partial charge is 0.506 e. The second kappa shape index (κ2) is 5.11. The zero-order valence-electron chi connectivity index (χ0n) is 5.42. The Kier molecular flexibility index (Phi) is 4.76. The van der Waals surface area contributed by atoms with Gasteiger partial charge in [0.1, 0.15) is 6.10 Å². The van der Waals surface area contributed by atoms with E-state index in [0.29, 0.717) is 12.3 Å². The molecule has 0 saturated carbocycles. The van der Waals surface area contributed by atoms with Gasteiger partial charge in [-0.3, -0.25) is 0 Å². The van der Waals surface area contributed by atoms with Crippen molar-refractivity contribution in [3.05, 3.63) is 12.7 Å². The summed E-state index contributed by atoms with van der Waals surface area (Å²) in [6.07, 6.45) is 0.110. The second-order valence-corrected chi connectivity index (χ2v) is 2.01. The minimum absolute atomic E-state index is 0.365. The first-order valence-corrected chi connectivity index (χ1v) is 3.32. The molecule has 0 radical (unpaired) electrons. The Bertz CT molecular complexity index is 124. The van der Waals surface area contributed by atoms with E-state index in [0.717, 1.165) is 0 Å². The molecule has 0 bridgehead atoms. The lowest BCUT2D eigenvalue weighted by atomic mass is 10.3. The molecule has 58 valence electrons. The topological polar surface area (TPSA) is 46.5 Å². The van der Waals surface area contributed by atoms with Crippen molar-refractivity contribution >= 4 is 17.8 Å². The Morgan fingerprint density at radius 1 is 1.90 bits per heavy atom. The zero-order valence-corrected chi connectivity index (χ0v) is 6.17. The van der Waals surface area contributed by atoms with Crippen molar-refractivity contribution < 1.29 is 14.6 Å². The Morgan fingerprint density at radius 2 is 2.50 bits per heavy atom. The van der Waals surface area contributed by atoms with Crippen molar-refractivity contribution in [3.8, 4) is 0 Å². The van der Waals surface area contributed by atoms with E-state index in [2.05, 4.69) is 11.3 Å². The first-order chi connectivity index (χ1) is 4.70. The predicted octanol–water partition coefficient (Wildman–Crippen LogP) is 1.86. The van der Waals surface area contributed by atoms with Crippen LogP contribution in [-0.2, 0) is 4.74 Å². The number of carbonyl (C=O) groups is 1. The third kappa shape index (κ3) is 4.21. The van der Waals surface area contributed by atoms with E-state index < -0.39 is 12.3 Å². The molecule has 1 N–H and O–H groups in total. The molecule has 0 aromatic rings. The third-order valence-corrected chi connectivity index (χ3v) is 1.13. The highest BCUT2D eigenvalue weighted by Gasteiger charge is 2.07. The summed E-state index contributed by atoms with van der Waals surface area (Å²) in [6.45, 7) is 3.39. The fraction of sp³-hybridized carbons (Fsp3) is 0.500. The minimum atomic E-state index is -1.30. The number of rotatable bonds is 4. The molecule has 0 heterocycles. The van der Waals surface area contributed by atoms with Gasteiger partial charge in [-0.05, 0) is 0 Å². The minimum Gasteiger partial charge on any atom is -0.450 e. The molecule has 0 aromatic carbocycles. The van der Waals surface area contributed by atoms with Crippen LogP contribution in [0.25, 0.3) is 0 Å². The molecule has 0 aromatic heterocycles. The smallest absolute Gasteiger partial charge is 0.450 e. The molecule has 0 aliphatic carbocycles. The SMILES string of the molecule is C=CC(CCCl)OC(=O)O. The van der Waals surface area contributed by atoms with Crippen LogP contribution in [0.3, 0.4) is 0 Å². The average Bonchev–Trinajstić information content (AvgIpc) is 1.86. The summed E-state index contributed by atoms with van der Waals surface area (Å²) in [5.41, 5.74) is 0. The molecule has 1 unspecified atom stereocenters. The van der Waals surface area contributed by atoms with Gasteiger partial charge < -0.3 is 9.84 Å². The molecule has 1 atom stereocenters. The van der Waals surface area contributed by atoms with Gasteiger partial charge in [0.05, 0.1) is 0 Å². The first kappa shape index (κ1) is 9.30. The van der Waals surface area contributed by atoms with Crippen molar-refractivity contribution in [1.29, 1.82) is 0 Å². The second-order valence-electron chi connectivity index (χ2n) is 1.64. The molecule has 0 saturated heterocycles. The van der Waals surface area contributed by atoms with E-state index in [1.165, 1.54) is 6.08 Å². The monoisotopic (exact) mass is 164 g/mol. The van der Waals surface area contributed by atoms with E-state index in [-0.39, 0.29) is 0 Å². The van der Waals surface area contributed by atoms with Crippen LogP contribution in [0.15, 0.2) is 12.7 Å². The summed E-state index contributed by atoms with van der Waals surface area (Å²) in [7, 11) is 0. The van der Waals surface area contributed by atoms with Crippen LogP contribution < -0.4 is 0 Å². The summed E-state index contributed by atoms with van der Waals surface area (Å²) in [5, 5.41) is 8.13. The molecule has 0 fully saturated rings. The number of halogens is 1. The fourth-order valence-corrected chi connectivity index (χ4v) is 0.677. The van der Waals surface area contributed by atoms with Gasteiger partial charge in [-0.1, -0.05) is 12.7 Å². The maximum atomic E-state index is 9.93. The number of alkyl halides is 1. The fourth-order valence-electron chi connectivity index (χ4n) is 0.462. The Morgan fingerprint density at radius 3 is 2.80 bits per heavy atom. The molecular formula is C6H9ClO3. The number of carboxylic acid groups (broad SMARTS) is 1. The van der Waals surface area contributed by atoms with Gasteiger partial charge in [-0.2, -0.15) is 0 Å². The number of hydrogen-bond donors (Lipinski definition) is 1. The van der Waals surface area contributed by atoms with Gasteiger partial charge in [0.15, 0.2) is 0 Å². The van der Waals surface area contributed by atoms with Crippen LogP contribution in [0.5, 0.6) is 0 Å². The number of hydrogen-bond acceptors (Lipinski definition) is 2. The summed E-state index contributed by atoms with van der Waals surface area (Å²) < 4.78 is 4.35. The van der Waals surface area contributed by atoms with Gasteiger partial charge in [0, 0.05) is 12.3 Å². The molecule has 0 rings (SSSR count). The molecule has 0 aliphatic heterocycles. The highest BCUT2D eigenvalue weighted by molar-refractivity contribution is 6.17. The summed E-state index contributed by atoms with van der Waals surface area (Å²) in [5.74, 6) is 0.365. The lowest BCUT2D eigenvalue weighted by molar-refractivity contribution is 0.0684. The Hall–Kier alpha value is -0.700. The van der Waals surface area contributed by atoms with E-state index in [1.54, 1.807) is 0 Å². The predicted molar refractivity (Wildman–Crippen MR) is 38.4 cm³/mol. The highest BCUT2D eigenvalue weighted by Crippen LogP contribution is 2.01. The van der Waals surface area contributed by atoms with Crippen molar-refractivity contribution in [3.63, 3.8) is 0 Å². The van der Waals surface area contributed by atoms with Crippen LogP contribution in [-0.4, -0.2) is 23.2 Å². The van der Waals surface area contributed by atoms with Crippen molar-refractivity contribution in [1.82, 2.24) is 0 Å². The summed E-state index contributed by atoms with van der Waals surface area (Å²) in [6, 6.07) is 0. The maximum Gasteiger partial charge on any atom is 0.506 e. The van der Waals surface area contributed by atoms with Gasteiger partial charge in [0.25, 0.3) is 0 Å². The quantitative estimate of drug-likeness (QED) is 0.392. The van der Waals surface area contributed by atoms with Crippen LogP contribution in [0, 0.1) is 0 Å². The highest BCUT2D eigenvalue weighted by atomic mass is 35.5. The first-order valence-electron chi connectivity index (χ1n) is 2.78. The Labute approximate surface area is 64.2 Å². The molecule has 0 spiro atoms. The standard InChI is InChI=1S/C6H9ClO3/c1-2-5(3-4-7)10-6(8)9/h2,5H,1,3-4H2,(H,8,9). The Balaban J connectivity index is 3.59. The molecule has 0 aliphatic rings. The third-order valence-electron chi connectivity index (χ3n) is 0.909. The maximum absolute atomic E-state index is 9.93. The van der Waals surface area contributed by atoms with Crippen LogP contribution in [0.1, 0.15) is 6.42 Å². The summed E-state index contributed by atoms with van der Waals surface area (Å²) in [4.78, 5) is 9.93. The van der Waals surface area contributed by atoms with Crippen molar-refractivity contribution in [2.75, 3.05) is 5.88 Å². The van der Waals surface area contributed by atoms with E-state index in [1.807, 2.05) is 0 Å². The molecule has 0 amide bonds. The molecule has 3 nitrogen and oxygen atoms in total. The van der Waals surface area contributed by atoms with Crippen molar-refractivity contribution in [2.45, 2.75) is 12.5 Å². The summed E-state index contributed by atoms with van der Waals surface area (Å²) >= 11 is 5.34. The van der Waals surface area contributed by atoms with Gasteiger partial charge in [-0.25, -0.2) is 4.79 Å². The lowest BCUT2D eigenvalue weighted by Crippen LogP contribution is -2.14. The van der Waals surface area contributed by atoms with E-state index >= 15 is 0 Å². The van der Waals surface area contributed by atoms with Gasteiger partial charge >= 0.3 is 6.16 Å². The van der Waals surface area contributed by atoms with Crippen LogP contribution in [0.4, 0.5) is 4.79 Å². The normalized spacial score (nSPS) is 12.1. The van der Waals surface area contributed by atoms with Gasteiger partial charge in [0.2, 0.25) is 0 Å².